The third-order valence-corrected chi connectivity index (χ3v) is 8.09. The first kappa shape index (κ1) is 34.3. The van der Waals surface area contributed by atoms with E-state index in [4.69, 9.17) is 4.74 Å². The Morgan fingerprint density at radius 1 is 1.00 bits per heavy atom. The number of piperazine rings is 1. The van der Waals surface area contributed by atoms with Crippen LogP contribution in [0.1, 0.15) is 50.9 Å². The number of rotatable bonds is 10. The maximum absolute atomic E-state index is 13.5. The molecule has 15 heteroatoms. The highest BCUT2D eigenvalue weighted by atomic mass is 19.4. The molecule has 2 aromatic rings. The van der Waals surface area contributed by atoms with Gasteiger partial charge in [-0.3, -0.25) is 19.6 Å². The largest absolute Gasteiger partial charge is 0.489 e. The molecular weight excluding hydrogens is 608 g/mol. The topological polar surface area (TPSA) is 98.2 Å². The molecule has 2 aliphatic heterocycles. The van der Waals surface area contributed by atoms with Crippen LogP contribution in [0, 0.1) is 0 Å². The predicted octanol–water partition coefficient (Wildman–Crippen LogP) is 4.72. The van der Waals surface area contributed by atoms with Crippen molar-refractivity contribution in [3.8, 4) is 5.75 Å². The zero-order valence-electron chi connectivity index (χ0n) is 25.4. The molecule has 248 valence electrons. The molecule has 0 radical (unpaired) electrons. The van der Waals surface area contributed by atoms with Crippen molar-refractivity contribution >= 4 is 17.6 Å². The van der Waals surface area contributed by atoms with Gasteiger partial charge in [0.15, 0.2) is 5.54 Å². The van der Waals surface area contributed by atoms with E-state index < -0.39 is 41.0 Å². The molecule has 45 heavy (non-hydrogen) atoms. The third-order valence-electron chi connectivity index (χ3n) is 8.09. The molecule has 0 bridgehead atoms. The summed E-state index contributed by atoms with van der Waals surface area (Å²) in [6, 6.07) is 5.43. The Labute approximate surface area is 257 Å². The molecule has 2 fully saturated rings. The minimum atomic E-state index is -5.96. The number of aromatic nitrogens is 1. The number of anilines is 1. The molecular formula is C30H37F6N5O4. The van der Waals surface area contributed by atoms with Crippen LogP contribution in [0.5, 0.6) is 5.75 Å². The number of aryl methyl sites for hydroxylation is 1. The Kier molecular flexibility index (Phi) is 9.65. The number of carbonyl (C=O) groups is 2. The van der Waals surface area contributed by atoms with Gasteiger partial charge in [0.05, 0.1) is 18.0 Å². The highest BCUT2D eigenvalue weighted by Gasteiger charge is 2.71. The lowest BCUT2D eigenvalue weighted by atomic mass is 9.89. The number of hydrogen-bond acceptors (Lipinski definition) is 7. The van der Waals surface area contributed by atoms with Crippen LogP contribution in [-0.4, -0.2) is 89.6 Å². The average Bonchev–Trinajstić information content (AvgIpc) is 3.18. The van der Waals surface area contributed by atoms with Gasteiger partial charge in [-0.1, -0.05) is 25.5 Å². The Bertz CT molecular complexity index is 1360. The molecule has 2 saturated heterocycles. The van der Waals surface area contributed by atoms with E-state index in [2.05, 4.69) is 10.3 Å². The fourth-order valence-electron chi connectivity index (χ4n) is 5.62. The first-order chi connectivity index (χ1) is 20.9. The van der Waals surface area contributed by atoms with Gasteiger partial charge in [-0.05, 0) is 51.0 Å². The summed E-state index contributed by atoms with van der Waals surface area (Å²) in [5.41, 5.74) is -6.48. The van der Waals surface area contributed by atoms with Crippen molar-refractivity contribution < 1.29 is 45.8 Å². The van der Waals surface area contributed by atoms with Crippen molar-refractivity contribution in [3.63, 3.8) is 0 Å². The van der Waals surface area contributed by atoms with Gasteiger partial charge in [-0.15, -0.1) is 0 Å². The monoisotopic (exact) mass is 645 g/mol. The lowest BCUT2D eigenvalue weighted by molar-refractivity contribution is -0.376. The minimum absolute atomic E-state index is 0.0551. The van der Waals surface area contributed by atoms with E-state index in [0.29, 0.717) is 62.3 Å². The van der Waals surface area contributed by atoms with Crippen molar-refractivity contribution in [3.05, 3.63) is 53.3 Å². The van der Waals surface area contributed by atoms with E-state index in [1.807, 2.05) is 23.6 Å². The number of ether oxygens (including phenoxy) is 1. The van der Waals surface area contributed by atoms with Crippen LogP contribution >= 0.6 is 0 Å². The molecule has 9 nitrogen and oxygen atoms in total. The second kappa shape index (κ2) is 12.7. The zero-order valence-corrected chi connectivity index (χ0v) is 25.4. The van der Waals surface area contributed by atoms with Gasteiger partial charge >= 0.3 is 18.4 Å². The summed E-state index contributed by atoms with van der Waals surface area (Å²) < 4.78 is 86.4. The van der Waals surface area contributed by atoms with Gasteiger partial charge in [0.2, 0.25) is 0 Å². The molecule has 0 saturated carbocycles. The van der Waals surface area contributed by atoms with Crippen LogP contribution in [-0.2, 0) is 22.4 Å². The molecule has 0 spiro atoms. The molecule has 3 heterocycles. The SMILES string of the molecule is CCCc1cc(C(O)(C(F)(F)F)C(F)(F)F)ccc1N1CCN(CCN2C(=O)NC(C)(c3ccc(OC(C)C)cn3)C2=O)CC1. The predicted molar refractivity (Wildman–Crippen MR) is 153 cm³/mol. The number of pyridine rings is 1. The number of halogens is 6. The Morgan fingerprint density at radius 2 is 1.64 bits per heavy atom. The van der Waals surface area contributed by atoms with Crippen LogP contribution in [0.2, 0.25) is 0 Å². The molecule has 4 rings (SSSR count). The lowest BCUT2D eigenvalue weighted by Gasteiger charge is -2.38. The zero-order chi connectivity index (χ0) is 33.4. The maximum atomic E-state index is 13.5. The minimum Gasteiger partial charge on any atom is -0.489 e. The van der Waals surface area contributed by atoms with Crippen LogP contribution in [0.25, 0.3) is 0 Å². The number of hydrogen-bond donors (Lipinski definition) is 2. The Morgan fingerprint density at radius 3 is 2.18 bits per heavy atom. The smallest absolute Gasteiger partial charge is 0.430 e. The summed E-state index contributed by atoms with van der Waals surface area (Å²) in [6.07, 6.45) is -9.81. The van der Waals surface area contributed by atoms with E-state index in [1.54, 1.807) is 26.0 Å². The summed E-state index contributed by atoms with van der Waals surface area (Å²) in [5, 5.41) is 12.6. The van der Waals surface area contributed by atoms with Crippen LogP contribution in [0.4, 0.5) is 36.8 Å². The highest BCUT2D eigenvalue weighted by molar-refractivity contribution is 6.07. The second-order valence-corrected chi connectivity index (χ2v) is 11.7. The van der Waals surface area contributed by atoms with Gasteiger partial charge in [-0.2, -0.15) is 26.3 Å². The molecule has 0 aliphatic carbocycles. The van der Waals surface area contributed by atoms with E-state index in [0.717, 1.165) is 11.0 Å². The first-order valence-corrected chi connectivity index (χ1v) is 14.7. The van der Waals surface area contributed by atoms with Crippen molar-refractivity contribution in [2.75, 3.05) is 44.2 Å². The summed E-state index contributed by atoms with van der Waals surface area (Å²) in [5.74, 6) is 0.0881. The first-order valence-electron chi connectivity index (χ1n) is 14.7. The lowest BCUT2D eigenvalue weighted by Crippen LogP contribution is -2.54. The van der Waals surface area contributed by atoms with E-state index in [9.17, 15) is 41.0 Å². The van der Waals surface area contributed by atoms with Crippen molar-refractivity contribution in [2.24, 2.45) is 0 Å². The fourth-order valence-corrected chi connectivity index (χ4v) is 5.62. The fraction of sp³-hybridized carbons (Fsp3) is 0.567. The second-order valence-electron chi connectivity index (χ2n) is 11.7. The summed E-state index contributed by atoms with van der Waals surface area (Å²) in [7, 11) is 0. The quantitative estimate of drug-likeness (QED) is 0.285. The molecule has 1 aromatic heterocycles. The number of carbonyl (C=O) groups excluding carboxylic acids is 2. The van der Waals surface area contributed by atoms with Gasteiger partial charge in [0.1, 0.15) is 5.75 Å². The van der Waals surface area contributed by atoms with Crippen LogP contribution in [0.15, 0.2) is 36.5 Å². The van der Waals surface area contributed by atoms with E-state index in [1.165, 1.54) is 12.3 Å². The number of aliphatic hydroxyl groups is 1. The number of nitrogens with one attached hydrogen (secondary N) is 1. The number of nitrogens with zero attached hydrogens (tertiary/aromatic N) is 4. The normalized spacial score (nSPS) is 20.3. The van der Waals surface area contributed by atoms with Crippen LogP contribution < -0.4 is 15.0 Å². The summed E-state index contributed by atoms with van der Waals surface area (Å²) in [4.78, 5) is 35.4. The van der Waals surface area contributed by atoms with Crippen molar-refractivity contribution in [2.45, 2.75) is 70.1 Å². The van der Waals surface area contributed by atoms with E-state index in [-0.39, 0.29) is 24.6 Å². The number of alkyl halides is 6. The Balaban J connectivity index is 1.40. The summed E-state index contributed by atoms with van der Waals surface area (Å²) in [6.45, 7) is 9.32. The Hall–Kier alpha value is -3.59. The van der Waals surface area contributed by atoms with Gasteiger partial charge in [0.25, 0.3) is 11.5 Å². The van der Waals surface area contributed by atoms with Crippen molar-refractivity contribution in [1.82, 2.24) is 20.1 Å². The third kappa shape index (κ3) is 6.69. The molecule has 1 atom stereocenters. The molecule has 2 N–H and O–H groups in total. The van der Waals surface area contributed by atoms with Gasteiger partial charge < -0.3 is 20.1 Å². The number of amides is 3. The van der Waals surface area contributed by atoms with Gasteiger partial charge in [-0.25, -0.2) is 4.79 Å². The number of benzene rings is 1. The summed E-state index contributed by atoms with van der Waals surface area (Å²) >= 11 is 0. The maximum Gasteiger partial charge on any atom is 0.430 e. The molecule has 3 amide bonds. The molecule has 1 unspecified atom stereocenters. The van der Waals surface area contributed by atoms with Crippen molar-refractivity contribution in [1.29, 1.82) is 0 Å². The average molecular weight is 646 g/mol. The molecule has 1 aromatic carbocycles. The number of urea groups is 1. The number of imide groups is 1. The highest BCUT2D eigenvalue weighted by Crippen LogP contribution is 2.50. The van der Waals surface area contributed by atoms with Gasteiger partial charge in [0, 0.05) is 50.5 Å². The molecule has 2 aliphatic rings. The van der Waals surface area contributed by atoms with E-state index >= 15 is 0 Å². The van der Waals surface area contributed by atoms with Crippen LogP contribution in [0.3, 0.4) is 0 Å². The standard InChI is InChI=1S/C30H37F6N5O4/c1-5-6-20-17-21(28(44,29(31,32)33)30(34,35)36)7-9-23(20)40-14-11-39(12-15-40)13-16-41-25(42)27(4,38-26(41)43)24-10-8-22(18-37-24)45-19(2)3/h7-10,17-19,44H,5-6,11-16H2,1-4H3,(H,38,43).